The first-order valence-corrected chi connectivity index (χ1v) is 5.69. The molecular formula is C10H11FN4OS. The number of carbonyl (C=O) groups excluding carboxylic acids is 1. The largest absolute Gasteiger partial charge is 0.365 e. The molecule has 0 radical (unpaired) electrons. The second kappa shape index (κ2) is 4.54. The number of amides is 1. The molecule has 5 nitrogen and oxygen atoms in total. The van der Waals surface area contributed by atoms with E-state index in [-0.39, 0.29) is 5.13 Å². The second-order valence-corrected chi connectivity index (χ2v) is 4.61. The molecule has 0 atom stereocenters. The highest BCUT2D eigenvalue weighted by atomic mass is 32.1. The molecule has 0 aliphatic carbocycles. The van der Waals surface area contributed by atoms with Gasteiger partial charge in [0.15, 0.2) is 10.9 Å². The lowest BCUT2D eigenvalue weighted by molar-refractivity contribution is 0.100. The first-order chi connectivity index (χ1) is 8.06. The Hall–Kier alpha value is -1.89. The molecule has 2 aromatic rings. The van der Waals surface area contributed by atoms with Gasteiger partial charge in [-0.25, -0.2) is 0 Å². The molecule has 3 N–H and O–H groups in total. The van der Waals surface area contributed by atoms with Gasteiger partial charge >= 0.3 is 0 Å². The molecule has 90 valence electrons. The van der Waals surface area contributed by atoms with Crippen LogP contribution >= 0.6 is 11.3 Å². The van der Waals surface area contributed by atoms with Crippen molar-refractivity contribution in [2.45, 2.75) is 6.54 Å². The van der Waals surface area contributed by atoms with Gasteiger partial charge in [0.1, 0.15) is 5.56 Å². The Bertz CT molecular complexity index is 548. The number of thiophene rings is 1. The van der Waals surface area contributed by atoms with E-state index in [0.717, 1.165) is 16.2 Å². The van der Waals surface area contributed by atoms with Gasteiger partial charge in [0.25, 0.3) is 5.91 Å². The molecule has 2 rings (SSSR count). The standard InChI is InChI=1S/C10H11FN4OS/c1-15-5-7(9(12)16)10(14-15)13-4-6-2-3-8(11)17-6/h2-3,5H,4H2,1H3,(H2,12,16)(H,13,14). The predicted octanol–water partition coefficient (Wildman–Crippen LogP) is 1.33. The third kappa shape index (κ3) is 2.62. The summed E-state index contributed by atoms with van der Waals surface area (Å²) in [7, 11) is 1.70. The highest BCUT2D eigenvalue weighted by Gasteiger charge is 2.12. The van der Waals surface area contributed by atoms with Gasteiger partial charge in [-0.3, -0.25) is 9.48 Å². The van der Waals surface area contributed by atoms with E-state index in [9.17, 15) is 9.18 Å². The smallest absolute Gasteiger partial charge is 0.254 e. The van der Waals surface area contributed by atoms with E-state index in [0.29, 0.717) is 17.9 Å². The second-order valence-electron chi connectivity index (χ2n) is 3.49. The molecule has 7 heteroatoms. The summed E-state index contributed by atoms with van der Waals surface area (Å²) in [5.74, 6) is -0.133. The molecule has 0 saturated heterocycles. The highest BCUT2D eigenvalue weighted by Crippen LogP contribution is 2.17. The molecule has 0 fully saturated rings. The number of halogens is 1. The molecule has 0 spiro atoms. The fourth-order valence-corrected chi connectivity index (χ4v) is 2.08. The van der Waals surface area contributed by atoms with Crippen molar-refractivity contribution >= 4 is 23.1 Å². The fraction of sp³-hybridized carbons (Fsp3) is 0.200. The Morgan fingerprint density at radius 2 is 2.41 bits per heavy atom. The van der Waals surface area contributed by atoms with Crippen molar-refractivity contribution in [1.29, 1.82) is 0 Å². The number of nitrogens with one attached hydrogen (secondary N) is 1. The van der Waals surface area contributed by atoms with E-state index in [1.54, 1.807) is 19.3 Å². The van der Waals surface area contributed by atoms with Crippen molar-refractivity contribution in [2.24, 2.45) is 12.8 Å². The molecule has 0 saturated carbocycles. The number of aromatic nitrogens is 2. The first kappa shape index (κ1) is 11.6. The summed E-state index contributed by atoms with van der Waals surface area (Å²) < 4.78 is 14.3. The van der Waals surface area contributed by atoms with Crippen LogP contribution in [0.3, 0.4) is 0 Å². The zero-order valence-electron chi connectivity index (χ0n) is 9.11. The van der Waals surface area contributed by atoms with Gasteiger partial charge in [0.2, 0.25) is 0 Å². The van der Waals surface area contributed by atoms with Crippen LogP contribution in [-0.4, -0.2) is 15.7 Å². The molecule has 0 aliphatic rings. The number of nitrogens with two attached hydrogens (primary N) is 1. The average molecular weight is 254 g/mol. The normalized spacial score (nSPS) is 10.5. The Morgan fingerprint density at radius 3 is 3.00 bits per heavy atom. The van der Waals surface area contributed by atoms with E-state index in [4.69, 9.17) is 5.73 Å². The van der Waals surface area contributed by atoms with Crippen molar-refractivity contribution in [3.05, 3.63) is 33.9 Å². The van der Waals surface area contributed by atoms with Crippen molar-refractivity contribution in [3.8, 4) is 0 Å². The minimum atomic E-state index is -0.544. The third-order valence-corrected chi connectivity index (χ3v) is 3.03. The lowest BCUT2D eigenvalue weighted by atomic mass is 10.3. The van der Waals surface area contributed by atoms with Crippen LogP contribution in [0.5, 0.6) is 0 Å². The highest BCUT2D eigenvalue weighted by molar-refractivity contribution is 7.10. The zero-order valence-corrected chi connectivity index (χ0v) is 9.92. The van der Waals surface area contributed by atoms with Gasteiger partial charge in [-0.05, 0) is 12.1 Å². The molecule has 0 aliphatic heterocycles. The van der Waals surface area contributed by atoms with Crippen LogP contribution in [0.1, 0.15) is 15.2 Å². The maximum Gasteiger partial charge on any atom is 0.254 e. The van der Waals surface area contributed by atoms with Crippen LogP contribution in [0, 0.1) is 5.13 Å². The van der Waals surface area contributed by atoms with E-state index in [1.807, 2.05) is 0 Å². The van der Waals surface area contributed by atoms with Crippen molar-refractivity contribution < 1.29 is 9.18 Å². The number of carbonyl (C=O) groups is 1. The summed E-state index contributed by atoms with van der Waals surface area (Å²) in [4.78, 5) is 11.9. The van der Waals surface area contributed by atoms with E-state index < -0.39 is 5.91 Å². The predicted molar refractivity (Wildman–Crippen MR) is 63.3 cm³/mol. The van der Waals surface area contributed by atoms with E-state index in [1.165, 1.54) is 10.7 Å². The number of nitrogens with zero attached hydrogens (tertiary/aromatic N) is 2. The molecule has 1 amide bonds. The first-order valence-electron chi connectivity index (χ1n) is 4.88. The summed E-state index contributed by atoms with van der Waals surface area (Å²) in [6.45, 7) is 0.409. The van der Waals surface area contributed by atoms with Gasteiger partial charge in [0, 0.05) is 18.1 Å². The summed E-state index contributed by atoms with van der Waals surface area (Å²) in [5.41, 5.74) is 5.53. The number of anilines is 1. The zero-order chi connectivity index (χ0) is 12.4. The molecule has 2 aromatic heterocycles. The van der Waals surface area contributed by atoms with Crippen LogP contribution in [-0.2, 0) is 13.6 Å². The minimum absolute atomic E-state index is 0.238. The monoisotopic (exact) mass is 254 g/mol. The molecule has 17 heavy (non-hydrogen) atoms. The van der Waals surface area contributed by atoms with Crippen molar-refractivity contribution in [3.63, 3.8) is 0 Å². The molecule has 0 aromatic carbocycles. The number of hydrogen-bond donors (Lipinski definition) is 2. The molecule has 2 heterocycles. The van der Waals surface area contributed by atoms with Gasteiger partial charge < -0.3 is 11.1 Å². The minimum Gasteiger partial charge on any atom is -0.365 e. The Balaban J connectivity index is 2.11. The third-order valence-electron chi connectivity index (χ3n) is 2.15. The Morgan fingerprint density at radius 1 is 1.65 bits per heavy atom. The van der Waals surface area contributed by atoms with Gasteiger partial charge in [-0.2, -0.15) is 9.49 Å². The molecule has 0 bridgehead atoms. The van der Waals surface area contributed by atoms with Crippen LogP contribution in [0.2, 0.25) is 0 Å². The number of hydrogen-bond acceptors (Lipinski definition) is 4. The molecule has 0 unspecified atom stereocenters. The van der Waals surface area contributed by atoms with E-state index >= 15 is 0 Å². The number of aryl methyl sites for hydroxylation is 1. The quantitative estimate of drug-likeness (QED) is 0.864. The Labute approximate surface area is 101 Å². The average Bonchev–Trinajstić information content (AvgIpc) is 2.82. The lowest BCUT2D eigenvalue weighted by Crippen LogP contribution is -2.13. The summed E-state index contributed by atoms with van der Waals surface area (Å²) >= 11 is 1.05. The SMILES string of the molecule is Cn1cc(C(N)=O)c(NCc2ccc(F)s2)n1. The topological polar surface area (TPSA) is 72.9 Å². The van der Waals surface area contributed by atoms with Crippen molar-refractivity contribution in [2.75, 3.05) is 5.32 Å². The van der Waals surface area contributed by atoms with Crippen LogP contribution in [0.15, 0.2) is 18.3 Å². The summed E-state index contributed by atoms with van der Waals surface area (Å²) in [6.07, 6.45) is 1.54. The number of primary amides is 1. The van der Waals surface area contributed by atoms with Crippen LogP contribution in [0.25, 0.3) is 0 Å². The van der Waals surface area contributed by atoms with Crippen molar-refractivity contribution in [1.82, 2.24) is 9.78 Å². The molecular weight excluding hydrogens is 243 g/mol. The fourth-order valence-electron chi connectivity index (χ4n) is 1.42. The van der Waals surface area contributed by atoms with Crippen LogP contribution < -0.4 is 11.1 Å². The lowest BCUT2D eigenvalue weighted by Gasteiger charge is -2.01. The van der Waals surface area contributed by atoms with E-state index in [2.05, 4.69) is 10.4 Å². The maximum absolute atomic E-state index is 12.8. The Kier molecular flexibility index (Phi) is 3.10. The van der Waals surface area contributed by atoms with Gasteiger partial charge in [0.05, 0.1) is 6.54 Å². The van der Waals surface area contributed by atoms with Gasteiger partial charge in [-0.1, -0.05) is 0 Å². The maximum atomic E-state index is 12.8. The van der Waals surface area contributed by atoms with Gasteiger partial charge in [-0.15, -0.1) is 11.3 Å². The number of rotatable bonds is 4. The van der Waals surface area contributed by atoms with Crippen LogP contribution in [0.4, 0.5) is 10.2 Å². The summed E-state index contributed by atoms with van der Waals surface area (Å²) in [5, 5.41) is 6.79. The summed E-state index contributed by atoms with van der Waals surface area (Å²) in [6, 6.07) is 3.08.